The second-order valence-corrected chi connectivity index (χ2v) is 8.16. The number of fused-ring (bicyclic) bond motifs is 2. The number of halogens is 4. The molecule has 0 aromatic heterocycles. The zero-order valence-corrected chi connectivity index (χ0v) is 18.2. The number of carbonyl (C=O) groups is 1. The molecule has 2 aromatic rings. The van der Waals surface area contributed by atoms with Crippen LogP contribution in [0.2, 0.25) is 0 Å². The SMILES string of the molecule is Cl.O=C(O)CCN1CCC2(CC1)COc1ccc(OCc3ccccc3C(F)(F)F)cc12. The highest BCUT2D eigenvalue weighted by atomic mass is 35.5. The molecule has 0 unspecified atom stereocenters. The lowest BCUT2D eigenvalue weighted by Gasteiger charge is -2.38. The molecule has 9 heteroatoms. The third-order valence-electron chi connectivity index (χ3n) is 6.20. The summed E-state index contributed by atoms with van der Waals surface area (Å²) in [4.78, 5) is 13.0. The molecule has 1 fully saturated rings. The van der Waals surface area contributed by atoms with Gasteiger partial charge in [0.05, 0.1) is 18.6 Å². The molecular formula is C23H25ClF3NO4. The number of nitrogens with zero attached hydrogens (tertiary/aromatic N) is 1. The number of alkyl halides is 3. The van der Waals surface area contributed by atoms with E-state index in [1.165, 1.54) is 12.1 Å². The van der Waals surface area contributed by atoms with Gasteiger partial charge in [-0.25, -0.2) is 0 Å². The summed E-state index contributed by atoms with van der Waals surface area (Å²) in [6.45, 7) is 2.46. The Bertz CT molecular complexity index is 958. The van der Waals surface area contributed by atoms with Crippen LogP contribution in [0.15, 0.2) is 42.5 Å². The van der Waals surface area contributed by atoms with E-state index in [9.17, 15) is 18.0 Å². The minimum atomic E-state index is -4.43. The van der Waals surface area contributed by atoms with Crippen molar-refractivity contribution in [2.45, 2.75) is 37.5 Å². The first-order valence-electron chi connectivity index (χ1n) is 10.3. The zero-order chi connectivity index (χ0) is 22.1. The van der Waals surface area contributed by atoms with E-state index >= 15 is 0 Å². The summed E-state index contributed by atoms with van der Waals surface area (Å²) in [6, 6.07) is 10.8. The van der Waals surface area contributed by atoms with Gasteiger partial charge >= 0.3 is 12.1 Å². The average Bonchev–Trinajstić information content (AvgIpc) is 3.09. The molecule has 4 rings (SSSR count). The Hall–Kier alpha value is -2.45. The van der Waals surface area contributed by atoms with Crippen molar-refractivity contribution >= 4 is 18.4 Å². The van der Waals surface area contributed by atoms with E-state index in [-0.39, 0.29) is 36.4 Å². The lowest BCUT2D eigenvalue weighted by molar-refractivity contribution is -0.139. The molecule has 0 radical (unpaired) electrons. The number of ether oxygens (including phenoxy) is 2. The maximum Gasteiger partial charge on any atom is 0.416 e. The lowest BCUT2D eigenvalue weighted by atomic mass is 9.74. The summed E-state index contributed by atoms with van der Waals surface area (Å²) in [5.74, 6) is 0.486. The number of piperidine rings is 1. The summed E-state index contributed by atoms with van der Waals surface area (Å²) in [5, 5.41) is 8.88. The van der Waals surface area contributed by atoms with E-state index in [1.807, 2.05) is 12.1 Å². The number of aliphatic carboxylic acids is 1. The van der Waals surface area contributed by atoms with Crippen LogP contribution in [-0.4, -0.2) is 42.2 Å². The Labute approximate surface area is 190 Å². The number of rotatable bonds is 6. The van der Waals surface area contributed by atoms with E-state index in [0.717, 1.165) is 43.3 Å². The van der Waals surface area contributed by atoms with E-state index in [1.54, 1.807) is 12.1 Å². The maximum atomic E-state index is 13.2. The van der Waals surface area contributed by atoms with Crippen molar-refractivity contribution in [3.8, 4) is 11.5 Å². The molecule has 32 heavy (non-hydrogen) atoms. The predicted molar refractivity (Wildman–Crippen MR) is 115 cm³/mol. The fourth-order valence-corrected chi connectivity index (χ4v) is 4.39. The smallest absolute Gasteiger partial charge is 0.416 e. The van der Waals surface area contributed by atoms with Gasteiger partial charge in [0.2, 0.25) is 0 Å². The van der Waals surface area contributed by atoms with Gasteiger partial charge in [0.1, 0.15) is 18.1 Å². The molecule has 1 saturated heterocycles. The van der Waals surface area contributed by atoms with Gasteiger partial charge in [-0.05, 0) is 50.2 Å². The first kappa shape index (κ1) is 24.2. The number of carboxylic acid groups (broad SMARTS) is 1. The standard InChI is InChI=1S/C23H24F3NO4.ClH/c24-23(25,26)18-4-2-1-3-16(18)14-30-17-5-6-20-19(13-17)22(15-31-20)8-11-27(12-9-22)10-7-21(28)29;/h1-6,13H,7-12,14-15H2,(H,28,29);1H. The normalized spacial score (nSPS) is 17.3. The second-order valence-electron chi connectivity index (χ2n) is 8.16. The number of benzene rings is 2. The summed E-state index contributed by atoms with van der Waals surface area (Å²) < 4.78 is 51.3. The molecule has 0 amide bonds. The molecule has 0 aliphatic carbocycles. The average molecular weight is 472 g/mol. The molecule has 0 atom stereocenters. The van der Waals surface area contributed by atoms with Gasteiger partial charge < -0.3 is 19.5 Å². The highest BCUT2D eigenvalue weighted by Gasteiger charge is 2.43. The van der Waals surface area contributed by atoms with Gasteiger partial charge in [0, 0.05) is 23.1 Å². The molecular weight excluding hydrogens is 447 g/mol. The van der Waals surface area contributed by atoms with Crippen molar-refractivity contribution in [1.82, 2.24) is 4.90 Å². The van der Waals surface area contributed by atoms with Crippen molar-refractivity contribution in [1.29, 1.82) is 0 Å². The van der Waals surface area contributed by atoms with Crippen molar-refractivity contribution in [3.05, 3.63) is 59.2 Å². The van der Waals surface area contributed by atoms with Crippen molar-refractivity contribution in [3.63, 3.8) is 0 Å². The molecule has 0 bridgehead atoms. The molecule has 2 aliphatic rings. The Morgan fingerprint density at radius 1 is 1.16 bits per heavy atom. The molecule has 1 N–H and O–H groups in total. The lowest BCUT2D eigenvalue weighted by Crippen LogP contribution is -2.44. The van der Waals surface area contributed by atoms with Crippen LogP contribution in [0.25, 0.3) is 0 Å². The number of hydrogen-bond acceptors (Lipinski definition) is 4. The molecule has 1 spiro atoms. The highest BCUT2D eigenvalue weighted by Crippen LogP contribution is 2.47. The van der Waals surface area contributed by atoms with Crippen molar-refractivity contribution in [2.24, 2.45) is 0 Å². The van der Waals surface area contributed by atoms with Crippen LogP contribution in [0.4, 0.5) is 13.2 Å². The first-order chi connectivity index (χ1) is 14.8. The quantitative estimate of drug-likeness (QED) is 0.649. The Kier molecular flexibility index (Phi) is 7.25. The summed E-state index contributed by atoms with van der Waals surface area (Å²) in [7, 11) is 0. The number of hydrogen-bond donors (Lipinski definition) is 1. The van der Waals surface area contributed by atoms with Crippen LogP contribution in [-0.2, 0) is 23.0 Å². The van der Waals surface area contributed by atoms with Gasteiger partial charge in [0.15, 0.2) is 0 Å². The van der Waals surface area contributed by atoms with E-state index in [4.69, 9.17) is 14.6 Å². The second kappa shape index (κ2) is 9.58. The van der Waals surface area contributed by atoms with E-state index in [2.05, 4.69) is 4.90 Å². The monoisotopic (exact) mass is 471 g/mol. The Morgan fingerprint density at radius 2 is 1.88 bits per heavy atom. The zero-order valence-electron chi connectivity index (χ0n) is 17.4. The molecule has 2 aliphatic heterocycles. The minimum Gasteiger partial charge on any atom is -0.492 e. The van der Waals surface area contributed by atoms with Gasteiger partial charge in [-0.3, -0.25) is 4.79 Å². The van der Waals surface area contributed by atoms with Crippen LogP contribution in [0.5, 0.6) is 11.5 Å². The first-order valence-corrected chi connectivity index (χ1v) is 10.3. The fourth-order valence-electron chi connectivity index (χ4n) is 4.39. The van der Waals surface area contributed by atoms with Crippen LogP contribution >= 0.6 is 12.4 Å². The number of carboxylic acids is 1. The van der Waals surface area contributed by atoms with Gasteiger partial charge in [-0.2, -0.15) is 13.2 Å². The summed E-state index contributed by atoms with van der Waals surface area (Å²) in [5.41, 5.74) is 0.253. The minimum absolute atomic E-state index is 0. The Balaban J connectivity index is 0.00000289. The predicted octanol–water partition coefficient (Wildman–Crippen LogP) is 4.91. The third-order valence-corrected chi connectivity index (χ3v) is 6.20. The molecule has 174 valence electrons. The van der Waals surface area contributed by atoms with E-state index < -0.39 is 17.7 Å². The van der Waals surface area contributed by atoms with Crippen molar-refractivity contribution < 1.29 is 32.5 Å². The third kappa shape index (κ3) is 5.13. The highest BCUT2D eigenvalue weighted by molar-refractivity contribution is 5.85. The van der Waals surface area contributed by atoms with Gasteiger partial charge in [0.25, 0.3) is 0 Å². The number of likely N-dealkylation sites (tertiary alicyclic amines) is 1. The maximum absolute atomic E-state index is 13.2. The fraction of sp³-hybridized carbons (Fsp3) is 0.435. The van der Waals surface area contributed by atoms with Crippen LogP contribution in [0.1, 0.15) is 36.0 Å². The molecule has 0 saturated carbocycles. The van der Waals surface area contributed by atoms with Crippen LogP contribution < -0.4 is 9.47 Å². The molecule has 5 nitrogen and oxygen atoms in total. The molecule has 2 aromatic carbocycles. The van der Waals surface area contributed by atoms with Crippen molar-refractivity contribution in [2.75, 3.05) is 26.2 Å². The Morgan fingerprint density at radius 3 is 2.56 bits per heavy atom. The summed E-state index contributed by atoms with van der Waals surface area (Å²) in [6.07, 6.45) is -2.64. The van der Waals surface area contributed by atoms with Gasteiger partial charge in [-0.15, -0.1) is 12.4 Å². The molecule has 2 heterocycles. The topological polar surface area (TPSA) is 59.0 Å². The van der Waals surface area contributed by atoms with Gasteiger partial charge in [-0.1, -0.05) is 18.2 Å². The van der Waals surface area contributed by atoms with E-state index in [0.29, 0.717) is 18.9 Å². The van der Waals surface area contributed by atoms with Crippen LogP contribution in [0, 0.1) is 0 Å². The summed E-state index contributed by atoms with van der Waals surface area (Å²) >= 11 is 0. The largest absolute Gasteiger partial charge is 0.492 e. The van der Waals surface area contributed by atoms with Crippen LogP contribution in [0.3, 0.4) is 0 Å².